The van der Waals surface area contributed by atoms with E-state index in [0.717, 1.165) is 33.1 Å². The highest BCUT2D eigenvalue weighted by Crippen LogP contribution is 2.42. The van der Waals surface area contributed by atoms with Crippen molar-refractivity contribution in [1.82, 2.24) is 9.62 Å². The lowest BCUT2D eigenvalue weighted by Gasteiger charge is -2.41. The molecule has 0 aromatic heterocycles. The SMILES string of the molecule is CCC1(CC)CC(NC(=O)CN(c2ccccc2F)S(=O)(=O)N(C)C)c2ccccc2O1. The fourth-order valence-corrected chi connectivity index (χ4v) is 5.01. The predicted octanol–water partition coefficient (Wildman–Crippen LogP) is 3.64. The molecule has 1 N–H and O–H groups in total. The van der Waals surface area contributed by atoms with Crippen LogP contribution in [-0.4, -0.2) is 44.9 Å². The highest BCUT2D eigenvalue weighted by atomic mass is 32.2. The molecule has 1 heterocycles. The van der Waals surface area contributed by atoms with Crippen molar-refractivity contribution in [3.63, 3.8) is 0 Å². The molecular formula is C23H30FN3O4S. The number of carbonyl (C=O) groups excluding carboxylic acids is 1. The average molecular weight is 464 g/mol. The molecule has 2 aromatic carbocycles. The lowest BCUT2D eigenvalue weighted by molar-refractivity contribution is -0.121. The Kier molecular flexibility index (Phi) is 7.09. The third-order valence-corrected chi connectivity index (χ3v) is 7.77. The first-order chi connectivity index (χ1) is 15.1. The Morgan fingerprint density at radius 1 is 1.12 bits per heavy atom. The van der Waals surface area contributed by atoms with Gasteiger partial charge in [0, 0.05) is 26.1 Å². The van der Waals surface area contributed by atoms with Crippen LogP contribution >= 0.6 is 0 Å². The Morgan fingerprint density at radius 3 is 2.38 bits per heavy atom. The fraction of sp³-hybridized carbons (Fsp3) is 0.435. The van der Waals surface area contributed by atoms with E-state index < -0.39 is 34.1 Å². The molecule has 174 valence electrons. The molecule has 1 atom stereocenters. The van der Waals surface area contributed by atoms with Crippen LogP contribution < -0.4 is 14.4 Å². The minimum absolute atomic E-state index is 0.180. The number of ether oxygens (including phenoxy) is 1. The number of nitrogens with one attached hydrogen (secondary N) is 1. The van der Waals surface area contributed by atoms with Gasteiger partial charge in [-0.15, -0.1) is 0 Å². The van der Waals surface area contributed by atoms with Crippen LogP contribution in [-0.2, 0) is 15.0 Å². The van der Waals surface area contributed by atoms with Gasteiger partial charge in [-0.1, -0.05) is 44.2 Å². The topological polar surface area (TPSA) is 79.0 Å². The van der Waals surface area contributed by atoms with Crippen LogP contribution in [0.5, 0.6) is 5.75 Å². The third kappa shape index (κ3) is 4.73. The zero-order valence-electron chi connectivity index (χ0n) is 18.8. The first kappa shape index (κ1) is 24.0. The van der Waals surface area contributed by atoms with E-state index in [-0.39, 0.29) is 11.7 Å². The summed E-state index contributed by atoms with van der Waals surface area (Å²) in [6.07, 6.45) is 2.09. The quantitative estimate of drug-likeness (QED) is 0.648. The van der Waals surface area contributed by atoms with Gasteiger partial charge in [-0.3, -0.25) is 4.79 Å². The number of anilines is 1. The van der Waals surface area contributed by atoms with E-state index in [0.29, 0.717) is 12.2 Å². The number of carbonyl (C=O) groups is 1. The van der Waals surface area contributed by atoms with Gasteiger partial charge in [0.1, 0.15) is 23.7 Å². The average Bonchev–Trinajstić information content (AvgIpc) is 2.77. The second-order valence-electron chi connectivity index (χ2n) is 8.10. The van der Waals surface area contributed by atoms with E-state index in [9.17, 15) is 17.6 Å². The van der Waals surface area contributed by atoms with Gasteiger partial charge in [0.25, 0.3) is 0 Å². The molecule has 2 aromatic rings. The zero-order valence-corrected chi connectivity index (χ0v) is 19.7. The number of rotatable bonds is 8. The summed E-state index contributed by atoms with van der Waals surface area (Å²) in [5.41, 5.74) is 0.235. The number of para-hydroxylation sites is 2. The van der Waals surface area contributed by atoms with E-state index in [4.69, 9.17) is 4.74 Å². The zero-order chi connectivity index (χ0) is 23.5. The molecule has 0 saturated carbocycles. The van der Waals surface area contributed by atoms with Crippen LogP contribution in [0.3, 0.4) is 0 Å². The molecule has 0 aliphatic carbocycles. The summed E-state index contributed by atoms with van der Waals surface area (Å²) in [4.78, 5) is 13.1. The van der Waals surface area contributed by atoms with Crippen molar-refractivity contribution in [1.29, 1.82) is 0 Å². The van der Waals surface area contributed by atoms with Crippen LogP contribution in [0.1, 0.15) is 44.7 Å². The summed E-state index contributed by atoms with van der Waals surface area (Å²) < 4.78 is 48.2. The van der Waals surface area contributed by atoms with Crippen molar-refractivity contribution in [2.75, 3.05) is 24.9 Å². The molecule has 1 amide bonds. The minimum Gasteiger partial charge on any atom is -0.487 e. The van der Waals surface area contributed by atoms with E-state index in [1.807, 2.05) is 38.1 Å². The van der Waals surface area contributed by atoms with Crippen molar-refractivity contribution in [3.05, 3.63) is 59.9 Å². The van der Waals surface area contributed by atoms with Crippen LogP contribution in [0.25, 0.3) is 0 Å². The summed E-state index contributed by atoms with van der Waals surface area (Å²) in [5, 5.41) is 2.96. The molecule has 1 aliphatic heterocycles. The molecule has 0 fully saturated rings. The summed E-state index contributed by atoms with van der Waals surface area (Å²) in [6, 6.07) is 12.7. The largest absolute Gasteiger partial charge is 0.487 e. The smallest absolute Gasteiger partial charge is 0.304 e. The molecule has 9 heteroatoms. The van der Waals surface area contributed by atoms with Crippen LogP contribution in [0.15, 0.2) is 48.5 Å². The third-order valence-electron chi connectivity index (χ3n) is 5.97. The number of nitrogens with zero attached hydrogens (tertiary/aromatic N) is 2. The Hall–Kier alpha value is -2.65. The summed E-state index contributed by atoms with van der Waals surface area (Å²) in [7, 11) is -1.42. The van der Waals surface area contributed by atoms with Gasteiger partial charge >= 0.3 is 10.2 Å². The van der Waals surface area contributed by atoms with Gasteiger partial charge in [-0.2, -0.15) is 12.7 Å². The predicted molar refractivity (Wildman–Crippen MR) is 122 cm³/mol. The summed E-state index contributed by atoms with van der Waals surface area (Å²) >= 11 is 0. The molecule has 1 aliphatic rings. The lowest BCUT2D eigenvalue weighted by Crippen LogP contribution is -2.49. The molecule has 0 bridgehead atoms. The molecule has 1 unspecified atom stereocenters. The molecular weight excluding hydrogens is 433 g/mol. The van der Waals surface area contributed by atoms with Crippen molar-refractivity contribution in [2.45, 2.75) is 44.8 Å². The van der Waals surface area contributed by atoms with Crippen LogP contribution in [0.4, 0.5) is 10.1 Å². The van der Waals surface area contributed by atoms with Gasteiger partial charge in [0.15, 0.2) is 0 Å². The standard InChI is InChI=1S/C23H30FN3O4S/c1-5-23(6-2)15-19(17-11-7-10-14-21(17)31-23)25-22(28)16-27(32(29,30)26(3)4)20-13-9-8-12-18(20)24/h7-14,19H,5-6,15-16H2,1-4H3,(H,25,28). The van der Waals surface area contributed by atoms with Crippen molar-refractivity contribution in [2.24, 2.45) is 0 Å². The number of hydrogen-bond acceptors (Lipinski definition) is 4. The van der Waals surface area contributed by atoms with Gasteiger partial charge in [-0.05, 0) is 31.0 Å². The molecule has 3 rings (SSSR count). The summed E-state index contributed by atoms with van der Waals surface area (Å²) in [6.45, 7) is 3.53. The second kappa shape index (κ2) is 9.46. The lowest BCUT2D eigenvalue weighted by atomic mass is 9.83. The number of hydrogen-bond donors (Lipinski definition) is 1. The normalized spacial score (nSPS) is 17.4. The van der Waals surface area contributed by atoms with E-state index in [1.54, 1.807) is 0 Å². The van der Waals surface area contributed by atoms with Gasteiger partial charge in [0.2, 0.25) is 5.91 Å². The first-order valence-electron chi connectivity index (χ1n) is 10.7. The molecule has 0 radical (unpaired) electrons. The van der Waals surface area contributed by atoms with Crippen molar-refractivity contribution >= 4 is 21.8 Å². The Labute approximate surface area is 189 Å². The van der Waals surface area contributed by atoms with E-state index in [2.05, 4.69) is 5.32 Å². The fourth-order valence-electron chi connectivity index (χ4n) is 3.94. The molecule has 0 spiro atoms. The monoisotopic (exact) mass is 463 g/mol. The van der Waals surface area contributed by atoms with Crippen LogP contribution in [0.2, 0.25) is 0 Å². The number of fused-ring (bicyclic) bond motifs is 1. The maximum absolute atomic E-state index is 14.5. The maximum Gasteiger partial charge on any atom is 0.304 e. The highest BCUT2D eigenvalue weighted by Gasteiger charge is 2.39. The molecule has 7 nitrogen and oxygen atoms in total. The van der Waals surface area contributed by atoms with Gasteiger partial charge < -0.3 is 10.1 Å². The van der Waals surface area contributed by atoms with Crippen molar-refractivity contribution < 1.29 is 22.3 Å². The molecule has 32 heavy (non-hydrogen) atoms. The number of benzene rings is 2. The highest BCUT2D eigenvalue weighted by molar-refractivity contribution is 7.90. The Bertz CT molecular complexity index is 1070. The van der Waals surface area contributed by atoms with Crippen molar-refractivity contribution in [3.8, 4) is 5.75 Å². The molecule has 0 saturated heterocycles. The van der Waals surface area contributed by atoms with Crippen LogP contribution in [0, 0.1) is 5.82 Å². The summed E-state index contributed by atoms with van der Waals surface area (Å²) in [5.74, 6) is -0.542. The number of halogens is 1. The first-order valence-corrected chi connectivity index (χ1v) is 12.0. The van der Waals surface area contributed by atoms with E-state index in [1.165, 1.54) is 32.3 Å². The van der Waals surface area contributed by atoms with E-state index >= 15 is 0 Å². The maximum atomic E-state index is 14.5. The Morgan fingerprint density at radius 2 is 1.75 bits per heavy atom. The van der Waals surface area contributed by atoms with Gasteiger partial charge in [-0.25, -0.2) is 8.70 Å². The van der Waals surface area contributed by atoms with Gasteiger partial charge in [0.05, 0.1) is 11.7 Å². The minimum atomic E-state index is -4.10. The Balaban J connectivity index is 1.90. The number of amides is 1. The second-order valence-corrected chi connectivity index (χ2v) is 10.2.